The van der Waals surface area contributed by atoms with Crippen LogP contribution in [-0.4, -0.2) is 16.6 Å². The van der Waals surface area contributed by atoms with Crippen molar-refractivity contribution >= 4 is 11.6 Å². The van der Waals surface area contributed by atoms with Crippen molar-refractivity contribution in [3.63, 3.8) is 0 Å². The summed E-state index contributed by atoms with van der Waals surface area (Å²) in [6, 6.07) is 10.7. The van der Waals surface area contributed by atoms with E-state index in [1.807, 2.05) is 24.3 Å². The first kappa shape index (κ1) is 12.6. The molecule has 0 N–H and O–H groups in total. The van der Waals surface area contributed by atoms with Crippen LogP contribution in [0.25, 0.3) is 0 Å². The summed E-state index contributed by atoms with van der Waals surface area (Å²) >= 11 is 5.80. The van der Waals surface area contributed by atoms with Gasteiger partial charge in [-0.25, -0.2) is 0 Å². The Kier molecular flexibility index (Phi) is 4.36. The van der Waals surface area contributed by atoms with E-state index in [1.165, 1.54) is 17.8 Å². The minimum Gasteiger partial charge on any atom is -0.394 e. The molecule has 0 fully saturated rings. The zero-order valence-electron chi connectivity index (χ0n) is 9.75. The van der Waals surface area contributed by atoms with Crippen LogP contribution in [0.4, 0.5) is 0 Å². The summed E-state index contributed by atoms with van der Waals surface area (Å²) in [5, 5.41) is 4.53. The molecule has 0 radical (unpaired) electrons. The summed E-state index contributed by atoms with van der Waals surface area (Å²) < 4.78 is 0. The molecule has 0 spiro atoms. The Balaban J connectivity index is 1.78. The van der Waals surface area contributed by atoms with Gasteiger partial charge in [0.2, 0.25) is 0 Å². The quantitative estimate of drug-likeness (QED) is 0.776. The Hall–Kier alpha value is -1.81. The maximum atomic E-state index is 11.3. The third kappa shape index (κ3) is 3.60. The molecule has 1 aromatic heterocycles. The van der Waals surface area contributed by atoms with Gasteiger partial charge in [-0.15, -0.1) is 5.10 Å². The van der Waals surface area contributed by atoms with Crippen LogP contribution in [0.5, 0.6) is 0 Å². The molecular weight excluding hydrogens is 252 g/mol. The fourth-order valence-corrected chi connectivity index (χ4v) is 1.65. The number of nitrogens with zero attached hydrogens (tertiary/aromatic N) is 2. The first-order chi connectivity index (χ1) is 8.75. The Bertz CT molecular complexity index is 551. The number of hydrogen-bond donors (Lipinski definition) is 0. The van der Waals surface area contributed by atoms with Gasteiger partial charge in [0.05, 0.1) is 6.20 Å². The lowest BCUT2D eigenvalue weighted by Crippen LogP contribution is -2.28. The van der Waals surface area contributed by atoms with Gasteiger partial charge in [-0.1, -0.05) is 28.6 Å². The van der Waals surface area contributed by atoms with Gasteiger partial charge in [0.1, 0.15) is 6.61 Å². The molecule has 1 heterocycles. The summed E-state index contributed by atoms with van der Waals surface area (Å²) in [5.41, 5.74) is 0.931. The smallest absolute Gasteiger partial charge is 0.303 e. The molecular formula is C13H13ClN2O2. The summed E-state index contributed by atoms with van der Waals surface area (Å²) in [6.07, 6.45) is 3.20. The van der Waals surface area contributed by atoms with Gasteiger partial charge in [0.15, 0.2) is 0 Å². The molecule has 2 rings (SSSR count). The van der Waals surface area contributed by atoms with Crippen LogP contribution in [0.3, 0.4) is 0 Å². The van der Waals surface area contributed by atoms with Crippen molar-refractivity contribution in [3.05, 3.63) is 63.5 Å². The maximum absolute atomic E-state index is 11.3. The SMILES string of the molecule is O=c1cccnn1OCCCc1ccc(Cl)cc1. The van der Waals surface area contributed by atoms with E-state index in [9.17, 15) is 4.79 Å². The Morgan fingerprint density at radius 3 is 2.72 bits per heavy atom. The van der Waals surface area contributed by atoms with Gasteiger partial charge in [0, 0.05) is 11.1 Å². The van der Waals surface area contributed by atoms with Gasteiger partial charge >= 0.3 is 5.56 Å². The minimum atomic E-state index is -0.260. The third-order valence-electron chi connectivity index (χ3n) is 2.42. The summed E-state index contributed by atoms with van der Waals surface area (Å²) in [4.78, 5) is 17.5. The first-order valence-electron chi connectivity index (χ1n) is 5.68. The van der Waals surface area contributed by atoms with Crippen molar-refractivity contribution in [2.75, 3.05) is 6.61 Å². The number of hydrogen-bond acceptors (Lipinski definition) is 3. The molecule has 4 nitrogen and oxygen atoms in total. The highest BCUT2D eigenvalue weighted by Crippen LogP contribution is 2.10. The fraction of sp³-hybridized carbons (Fsp3) is 0.231. The minimum absolute atomic E-state index is 0.260. The predicted molar refractivity (Wildman–Crippen MR) is 69.7 cm³/mol. The molecule has 94 valence electrons. The van der Waals surface area contributed by atoms with Crippen LogP contribution in [0.2, 0.25) is 5.02 Å². The first-order valence-corrected chi connectivity index (χ1v) is 6.05. The number of aromatic nitrogens is 2. The van der Waals surface area contributed by atoms with E-state index in [0.29, 0.717) is 6.61 Å². The summed E-state index contributed by atoms with van der Waals surface area (Å²) in [5.74, 6) is 0. The van der Waals surface area contributed by atoms with Crippen molar-refractivity contribution in [1.82, 2.24) is 9.94 Å². The lowest BCUT2D eigenvalue weighted by Gasteiger charge is -2.05. The second kappa shape index (κ2) is 6.21. The van der Waals surface area contributed by atoms with Gasteiger partial charge < -0.3 is 4.84 Å². The van der Waals surface area contributed by atoms with Gasteiger partial charge in [-0.2, -0.15) is 0 Å². The molecule has 18 heavy (non-hydrogen) atoms. The number of halogens is 1. The molecule has 0 bridgehead atoms. The van der Waals surface area contributed by atoms with Crippen molar-refractivity contribution in [2.24, 2.45) is 0 Å². The molecule has 0 aliphatic heterocycles. The van der Waals surface area contributed by atoms with Crippen LogP contribution in [-0.2, 0) is 6.42 Å². The zero-order chi connectivity index (χ0) is 12.8. The lowest BCUT2D eigenvalue weighted by molar-refractivity contribution is 0.0700. The van der Waals surface area contributed by atoms with Gasteiger partial charge in [0.25, 0.3) is 0 Å². The number of aryl methyl sites for hydroxylation is 1. The van der Waals surface area contributed by atoms with E-state index in [1.54, 1.807) is 6.07 Å². The van der Waals surface area contributed by atoms with Crippen molar-refractivity contribution < 1.29 is 4.84 Å². The monoisotopic (exact) mass is 264 g/mol. The normalized spacial score (nSPS) is 10.3. The van der Waals surface area contributed by atoms with Crippen LogP contribution in [0.1, 0.15) is 12.0 Å². The van der Waals surface area contributed by atoms with Crippen LogP contribution >= 0.6 is 11.6 Å². The average Bonchev–Trinajstić information content (AvgIpc) is 2.39. The summed E-state index contributed by atoms with van der Waals surface area (Å²) in [6.45, 7) is 0.444. The zero-order valence-corrected chi connectivity index (χ0v) is 10.5. The molecule has 0 aliphatic carbocycles. The van der Waals surface area contributed by atoms with E-state index in [2.05, 4.69) is 5.10 Å². The molecule has 0 saturated carbocycles. The second-order valence-corrected chi connectivity index (χ2v) is 4.23. The van der Waals surface area contributed by atoms with Crippen LogP contribution in [0, 0.1) is 0 Å². The largest absolute Gasteiger partial charge is 0.394 e. The predicted octanol–water partition coefficient (Wildman–Crippen LogP) is 1.96. The van der Waals surface area contributed by atoms with Gasteiger partial charge in [-0.05, 0) is 36.6 Å². The Morgan fingerprint density at radius 1 is 1.22 bits per heavy atom. The van der Waals surface area contributed by atoms with Crippen molar-refractivity contribution in [1.29, 1.82) is 0 Å². The number of rotatable bonds is 5. The lowest BCUT2D eigenvalue weighted by atomic mass is 10.1. The molecule has 0 unspecified atom stereocenters. The highest BCUT2D eigenvalue weighted by Gasteiger charge is 1.97. The topological polar surface area (TPSA) is 44.1 Å². The third-order valence-corrected chi connectivity index (χ3v) is 2.67. The summed E-state index contributed by atoms with van der Waals surface area (Å²) in [7, 11) is 0. The average molecular weight is 265 g/mol. The van der Waals surface area contributed by atoms with Crippen LogP contribution in [0.15, 0.2) is 47.4 Å². The Morgan fingerprint density at radius 2 is 2.00 bits per heavy atom. The molecule has 0 aliphatic rings. The molecule has 0 saturated heterocycles. The van der Waals surface area contributed by atoms with E-state index in [-0.39, 0.29) is 5.56 Å². The molecule has 1 aromatic carbocycles. The molecule has 2 aromatic rings. The molecule has 0 atom stereocenters. The van der Waals surface area contributed by atoms with E-state index in [0.717, 1.165) is 22.7 Å². The molecule has 0 amide bonds. The second-order valence-electron chi connectivity index (χ2n) is 3.80. The Labute approximate surface area is 110 Å². The van der Waals surface area contributed by atoms with Crippen LogP contribution < -0.4 is 10.4 Å². The van der Waals surface area contributed by atoms with E-state index in [4.69, 9.17) is 16.4 Å². The van der Waals surface area contributed by atoms with E-state index < -0.39 is 0 Å². The number of benzene rings is 1. The van der Waals surface area contributed by atoms with E-state index >= 15 is 0 Å². The van der Waals surface area contributed by atoms with Crippen molar-refractivity contribution in [2.45, 2.75) is 12.8 Å². The fourth-order valence-electron chi connectivity index (χ4n) is 1.52. The molecule has 5 heteroatoms. The maximum Gasteiger partial charge on any atom is 0.303 e. The highest BCUT2D eigenvalue weighted by molar-refractivity contribution is 6.30. The van der Waals surface area contributed by atoms with Crippen molar-refractivity contribution in [3.8, 4) is 0 Å². The standard InChI is InChI=1S/C13H13ClN2O2/c14-12-7-5-11(6-8-12)3-2-10-18-16-13(17)4-1-9-15-16/h1,4-9H,2-3,10H2. The highest BCUT2D eigenvalue weighted by atomic mass is 35.5. The van der Waals surface area contributed by atoms with Gasteiger partial charge in [-0.3, -0.25) is 4.79 Å².